The zero-order valence-electron chi connectivity index (χ0n) is 11.5. The van der Waals surface area contributed by atoms with Crippen LogP contribution in [0.1, 0.15) is 39.2 Å². The highest BCUT2D eigenvalue weighted by Crippen LogP contribution is 2.28. The van der Waals surface area contributed by atoms with Crippen molar-refractivity contribution >= 4 is 11.8 Å². The number of hydrogen-bond acceptors (Lipinski definition) is 4. The van der Waals surface area contributed by atoms with E-state index in [0.717, 1.165) is 0 Å². The van der Waals surface area contributed by atoms with Crippen molar-refractivity contribution in [1.82, 2.24) is 0 Å². The zero-order chi connectivity index (χ0) is 14.6. The summed E-state index contributed by atoms with van der Waals surface area (Å²) >= 11 is 0. The van der Waals surface area contributed by atoms with Crippen LogP contribution in [0.5, 0.6) is 5.75 Å². The van der Waals surface area contributed by atoms with E-state index in [1.807, 2.05) is 6.07 Å². The van der Waals surface area contributed by atoms with Gasteiger partial charge < -0.3 is 9.84 Å². The number of nitrogens with zero attached hydrogens (tertiary/aromatic N) is 1. The van der Waals surface area contributed by atoms with Crippen molar-refractivity contribution in [3.05, 3.63) is 23.8 Å². The van der Waals surface area contributed by atoms with Crippen LogP contribution in [-0.2, 0) is 4.74 Å². The maximum atomic E-state index is 11.6. The average molecular weight is 262 g/mol. The molecule has 19 heavy (non-hydrogen) atoms. The average Bonchev–Trinajstić information content (AvgIpc) is 2.28. The van der Waals surface area contributed by atoms with Gasteiger partial charge in [0.2, 0.25) is 0 Å². The lowest BCUT2D eigenvalue weighted by Crippen LogP contribution is -2.27. The van der Waals surface area contributed by atoms with Gasteiger partial charge in [0.05, 0.1) is 12.0 Å². The number of rotatable bonds is 2. The molecule has 1 aromatic rings. The molecule has 1 amide bonds. The van der Waals surface area contributed by atoms with Crippen LogP contribution in [0, 0.1) is 11.3 Å². The second-order valence-corrected chi connectivity index (χ2v) is 5.25. The second kappa shape index (κ2) is 5.61. The van der Waals surface area contributed by atoms with Gasteiger partial charge in [0, 0.05) is 11.3 Å². The highest BCUT2D eigenvalue weighted by Gasteiger charge is 2.17. The lowest BCUT2D eigenvalue weighted by Gasteiger charge is -2.20. The molecule has 5 nitrogen and oxygen atoms in total. The molecule has 0 radical (unpaired) electrons. The molecule has 0 aliphatic rings. The summed E-state index contributed by atoms with van der Waals surface area (Å²) in [5.41, 5.74) is 0.365. The van der Waals surface area contributed by atoms with Crippen LogP contribution in [0.4, 0.5) is 10.5 Å². The van der Waals surface area contributed by atoms with E-state index in [4.69, 9.17) is 10.00 Å². The molecule has 1 unspecified atom stereocenters. The summed E-state index contributed by atoms with van der Waals surface area (Å²) < 4.78 is 5.12. The molecule has 0 aliphatic carbocycles. The van der Waals surface area contributed by atoms with Crippen LogP contribution in [-0.4, -0.2) is 16.8 Å². The quantitative estimate of drug-likeness (QED) is 0.800. The molecule has 1 rings (SSSR count). The van der Waals surface area contributed by atoms with Crippen LogP contribution in [0.15, 0.2) is 18.2 Å². The van der Waals surface area contributed by atoms with Crippen LogP contribution in [0.25, 0.3) is 0 Å². The molecule has 102 valence electrons. The van der Waals surface area contributed by atoms with Gasteiger partial charge in [-0.15, -0.1) is 0 Å². The third kappa shape index (κ3) is 4.51. The number of phenolic OH excluding ortho intramolecular Hbond substituents is 1. The fraction of sp³-hybridized carbons (Fsp3) is 0.429. The molecule has 0 aliphatic heterocycles. The number of nitriles is 1. The van der Waals surface area contributed by atoms with Crippen LogP contribution >= 0.6 is 0 Å². The maximum Gasteiger partial charge on any atom is 0.412 e. The van der Waals surface area contributed by atoms with E-state index in [9.17, 15) is 9.90 Å². The Hall–Kier alpha value is -2.22. The first-order chi connectivity index (χ1) is 8.73. The first kappa shape index (κ1) is 14.8. The Morgan fingerprint density at radius 3 is 2.63 bits per heavy atom. The van der Waals surface area contributed by atoms with Crippen LogP contribution in [0.2, 0.25) is 0 Å². The van der Waals surface area contributed by atoms with E-state index in [-0.39, 0.29) is 5.75 Å². The number of anilines is 1. The number of aromatic hydroxyl groups is 1. The van der Waals surface area contributed by atoms with E-state index in [0.29, 0.717) is 11.3 Å². The Bertz CT molecular complexity index is 512. The standard InChI is InChI=1S/C14H18N2O3/c1-9(8-15)11-7-10(5-6-12(11)17)16-13(18)19-14(2,3)4/h5-7,9,17H,1-4H3,(H,16,18). The first-order valence-electron chi connectivity index (χ1n) is 5.95. The predicted molar refractivity (Wildman–Crippen MR) is 72.0 cm³/mol. The number of amides is 1. The minimum absolute atomic E-state index is 0.0313. The Labute approximate surface area is 112 Å². The maximum absolute atomic E-state index is 11.6. The normalized spacial score (nSPS) is 12.4. The van der Waals surface area contributed by atoms with Gasteiger partial charge >= 0.3 is 6.09 Å². The van der Waals surface area contributed by atoms with Crippen LogP contribution in [0.3, 0.4) is 0 Å². The third-order valence-corrected chi connectivity index (χ3v) is 2.33. The lowest BCUT2D eigenvalue weighted by molar-refractivity contribution is 0.0636. The van der Waals surface area contributed by atoms with Crippen molar-refractivity contribution in [2.24, 2.45) is 0 Å². The Morgan fingerprint density at radius 2 is 2.11 bits per heavy atom. The molecular weight excluding hydrogens is 244 g/mol. The van der Waals surface area contributed by atoms with Gasteiger partial charge in [-0.05, 0) is 45.9 Å². The number of phenols is 1. The van der Waals surface area contributed by atoms with Crippen molar-refractivity contribution in [2.45, 2.75) is 39.2 Å². The minimum Gasteiger partial charge on any atom is -0.508 e. The SMILES string of the molecule is CC(C#N)c1cc(NC(=O)OC(C)(C)C)ccc1O. The van der Waals surface area contributed by atoms with Crippen molar-refractivity contribution in [1.29, 1.82) is 5.26 Å². The number of nitrogens with one attached hydrogen (secondary N) is 1. The van der Waals surface area contributed by atoms with Gasteiger partial charge in [0.1, 0.15) is 11.4 Å². The molecule has 1 aromatic carbocycles. The Morgan fingerprint density at radius 1 is 1.47 bits per heavy atom. The summed E-state index contributed by atoms with van der Waals surface area (Å²) in [4.78, 5) is 11.6. The fourth-order valence-corrected chi connectivity index (χ4v) is 1.47. The second-order valence-electron chi connectivity index (χ2n) is 5.25. The van der Waals surface area contributed by atoms with Crippen molar-refractivity contribution in [3.63, 3.8) is 0 Å². The van der Waals surface area contributed by atoms with Crippen LogP contribution < -0.4 is 5.32 Å². The van der Waals surface area contributed by atoms with Gasteiger partial charge in [-0.2, -0.15) is 5.26 Å². The molecule has 2 N–H and O–H groups in total. The highest BCUT2D eigenvalue weighted by molar-refractivity contribution is 5.85. The monoisotopic (exact) mass is 262 g/mol. The predicted octanol–water partition coefficient (Wildman–Crippen LogP) is 3.37. The van der Waals surface area contributed by atoms with Gasteiger partial charge in [0.25, 0.3) is 0 Å². The van der Waals surface area contributed by atoms with Gasteiger partial charge in [-0.3, -0.25) is 5.32 Å². The van der Waals surface area contributed by atoms with E-state index in [1.54, 1.807) is 39.8 Å². The summed E-state index contributed by atoms with van der Waals surface area (Å²) in [5.74, 6) is -0.427. The van der Waals surface area contributed by atoms with Gasteiger partial charge in [0.15, 0.2) is 0 Å². The number of hydrogen-bond donors (Lipinski definition) is 2. The third-order valence-electron chi connectivity index (χ3n) is 2.33. The molecule has 0 saturated heterocycles. The molecule has 0 bridgehead atoms. The number of ether oxygens (including phenoxy) is 1. The van der Waals surface area contributed by atoms with E-state index >= 15 is 0 Å². The zero-order valence-corrected chi connectivity index (χ0v) is 11.5. The summed E-state index contributed by atoms with van der Waals surface area (Å²) in [5, 5.41) is 21.1. The van der Waals surface area contributed by atoms with E-state index in [1.165, 1.54) is 6.07 Å². The molecule has 0 aromatic heterocycles. The van der Waals surface area contributed by atoms with Crippen molar-refractivity contribution in [3.8, 4) is 11.8 Å². The lowest BCUT2D eigenvalue weighted by atomic mass is 10.0. The topological polar surface area (TPSA) is 82.4 Å². The first-order valence-corrected chi connectivity index (χ1v) is 5.95. The fourth-order valence-electron chi connectivity index (χ4n) is 1.47. The molecule has 5 heteroatoms. The van der Waals surface area contributed by atoms with Gasteiger partial charge in [-0.1, -0.05) is 0 Å². The van der Waals surface area contributed by atoms with E-state index in [2.05, 4.69) is 5.32 Å². The number of benzene rings is 1. The molecule has 0 saturated carbocycles. The van der Waals surface area contributed by atoms with Crippen molar-refractivity contribution < 1.29 is 14.6 Å². The Balaban J connectivity index is 2.86. The molecule has 0 heterocycles. The highest BCUT2D eigenvalue weighted by atomic mass is 16.6. The summed E-state index contributed by atoms with van der Waals surface area (Å²) in [6, 6.07) is 6.59. The Kier molecular flexibility index (Phi) is 4.38. The van der Waals surface area contributed by atoms with Gasteiger partial charge in [-0.25, -0.2) is 4.79 Å². The summed E-state index contributed by atoms with van der Waals surface area (Å²) in [6.07, 6.45) is -0.575. The van der Waals surface area contributed by atoms with E-state index < -0.39 is 17.6 Å². The molecule has 1 atom stereocenters. The number of carbonyl (C=O) groups excluding carboxylic acids is 1. The van der Waals surface area contributed by atoms with Crippen molar-refractivity contribution in [2.75, 3.05) is 5.32 Å². The summed E-state index contributed by atoms with van der Waals surface area (Å²) in [6.45, 7) is 6.98. The molecular formula is C14H18N2O3. The molecule has 0 spiro atoms. The summed E-state index contributed by atoms with van der Waals surface area (Å²) in [7, 11) is 0. The molecule has 0 fully saturated rings. The smallest absolute Gasteiger partial charge is 0.412 e. The largest absolute Gasteiger partial charge is 0.508 e. The number of carbonyl (C=O) groups is 1. The minimum atomic E-state index is -0.580.